The number of aromatic nitrogens is 3. The molecule has 5 heterocycles. The molecule has 0 bridgehead atoms. The van der Waals surface area contributed by atoms with Gasteiger partial charge in [-0.15, -0.1) is 10.2 Å². The Balaban J connectivity index is 1.66. The second kappa shape index (κ2) is 9.00. The van der Waals surface area contributed by atoms with Crippen LogP contribution in [0.1, 0.15) is 32.2 Å². The molecular formula is C22H25F2N7O3S2. The van der Waals surface area contributed by atoms with Crippen molar-refractivity contribution in [3.8, 4) is 16.6 Å². The van der Waals surface area contributed by atoms with E-state index in [0.717, 1.165) is 11.3 Å². The Bertz CT molecular complexity index is 1440. The van der Waals surface area contributed by atoms with E-state index < -0.39 is 33.1 Å². The number of alkyl halides is 2. The Labute approximate surface area is 210 Å². The summed E-state index contributed by atoms with van der Waals surface area (Å²) in [7, 11) is -4.15. The molecule has 2 aliphatic heterocycles. The van der Waals surface area contributed by atoms with Crippen molar-refractivity contribution in [2.24, 2.45) is 0 Å². The molecule has 0 amide bonds. The number of anilines is 1. The quantitative estimate of drug-likeness (QED) is 0.492. The molecule has 2 unspecified atom stereocenters. The molecule has 2 fully saturated rings. The lowest BCUT2D eigenvalue weighted by atomic mass is 9.92. The fourth-order valence-electron chi connectivity index (χ4n) is 4.66. The van der Waals surface area contributed by atoms with Gasteiger partial charge in [0.05, 0.1) is 29.2 Å². The first-order valence-corrected chi connectivity index (χ1v) is 13.7. The van der Waals surface area contributed by atoms with Gasteiger partial charge in [-0.3, -0.25) is 0 Å². The van der Waals surface area contributed by atoms with Crippen LogP contribution in [-0.2, 0) is 14.8 Å². The minimum absolute atomic E-state index is 0.0453. The first kappa shape index (κ1) is 25.0. The highest BCUT2D eigenvalue weighted by molar-refractivity contribution is 7.89. The smallest absolute Gasteiger partial charge is 0.291 e. The summed E-state index contributed by atoms with van der Waals surface area (Å²) in [4.78, 5) is 2.04. The lowest BCUT2D eigenvalue weighted by Gasteiger charge is -2.42. The highest BCUT2D eigenvalue weighted by Gasteiger charge is 2.49. The van der Waals surface area contributed by atoms with E-state index in [-0.39, 0.29) is 28.6 Å². The lowest BCUT2D eigenvalue weighted by Crippen LogP contribution is -2.66. The van der Waals surface area contributed by atoms with E-state index in [1.54, 1.807) is 25.3 Å². The normalized spacial score (nSPS) is 26.8. The average Bonchev–Trinajstić information content (AvgIpc) is 3.47. The van der Waals surface area contributed by atoms with Crippen molar-refractivity contribution >= 4 is 32.7 Å². The monoisotopic (exact) mass is 537 g/mol. The van der Waals surface area contributed by atoms with Crippen LogP contribution < -0.4 is 14.9 Å². The first-order valence-electron chi connectivity index (χ1n) is 11.4. The molecule has 0 radical (unpaired) electrons. The molecule has 2 saturated heterocycles. The highest BCUT2D eigenvalue weighted by atomic mass is 32.2. The second-order valence-electron chi connectivity index (χ2n) is 9.30. The van der Waals surface area contributed by atoms with Crippen LogP contribution in [0.4, 0.5) is 14.6 Å². The Morgan fingerprint density at radius 1 is 1.28 bits per heavy atom. The van der Waals surface area contributed by atoms with Gasteiger partial charge in [0.25, 0.3) is 6.43 Å². The van der Waals surface area contributed by atoms with Crippen molar-refractivity contribution in [1.29, 1.82) is 5.26 Å². The van der Waals surface area contributed by atoms with E-state index in [1.807, 2.05) is 24.3 Å². The molecule has 2 N–H and O–H groups in total. The molecule has 0 spiro atoms. The van der Waals surface area contributed by atoms with Crippen LogP contribution in [-0.4, -0.2) is 66.4 Å². The molecule has 36 heavy (non-hydrogen) atoms. The molecule has 5 rings (SSSR count). The van der Waals surface area contributed by atoms with Crippen molar-refractivity contribution in [3.63, 3.8) is 0 Å². The fourth-order valence-corrected chi connectivity index (χ4v) is 6.79. The Morgan fingerprint density at radius 2 is 2.00 bits per heavy atom. The minimum Gasteiger partial charge on any atom is -0.372 e. The maximum absolute atomic E-state index is 13.5. The molecule has 192 valence electrons. The molecule has 0 aliphatic carbocycles. The number of hydrogen-bond donors (Lipinski definition) is 2. The number of piperazine rings is 1. The van der Waals surface area contributed by atoms with Crippen LogP contribution in [0.2, 0.25) is 0 Å². The maximum Gasteiger partial charge on any atom is 0.291 e. The van der Waals surface area contributed by atoms with Gasteiger partial charge in [-0.1, -0.05) is 11.3 Å². The van der Waals surface area contributed by atoms with Crippen LogP contribution in [0.25, 0.3) is 16.1 Å². The summed E-state index contributed by atoms with van der Waals surface area (Å²) in [6, 6.07) is 7.10. The topological polar surface area (TPSA) is 125 Å². The van der Waals surface area contributed by atoms with Gasteiger partial charge in [0, 0.05) is 36.9 Å². The van der Waals surface area contributed by atoms with Crippen LogP contribution >= 0.6 is 11.3 Å². The molecule has 0 saturated carbocycles. The zero-order chi connectivity index (χ0) is 25.8. The summed E-state index contributed by atoms with van der Waals surface area (Å²) >= 11 is 0.762. The average molecular weight is 538 g/mol. The van der Waals surface area contributed by atoms with Crippen LogP contribution in [0.15, 0.2) is 29.3 Å². The summed E-state index contributed by atoms with van der Waals surface area (Å²) in [5.41, 5.74) is -0.392. The van der Waals surface area contributed by atoms with E-state index in [4.69, 9.17) is 4.74 Å². The third kappa shape index (κ3) is 4.24. The summed E-state index contributed by atoms with van der Waals surface area (Å²) < 4.78 is 63.0. The number of nitrogens with zero attached hydrogens (tertiary/aromatic N) is 5. The molecule has 3 aromatic heterocycles. The number of hydrogen-bond acceptors (Lipinski definition) is 9. The van der Waals surface area contributed by atoms with Gasteiger partial charge in [0.2, 0.25) is 10.0 Å². The first-order chi connectivity index (χ1) is 17.0. The zero-order valence-corrected chi connectivity index (χ0v) is 21.4. The minimum atomic E-state index is -4.15. The third-order valence-electron chi connectivity index (χ3n) is 6.54. The van der Waals surface area contributed by atoms with E-state index >= 15 is 0 Å². The van der Waals surface area contributed by atoms with Gasteiger partial charge in [-0.05, 0) is 39.0 Å². The number of ether oxygens (including phenoxy) is 1. The largest absolute Gasteiger partial charge is 0.372 e. The van der Waals surface area contributed by atoms with Crippen LogP contribution in [0, 0.1) is 11.3 Å². The van der Waals surface area contributed by atoms with Crippen LogP contribution in [0.5, 0.6) is 0 Å². The van der Waals surface area contributed by atoms with Gasteiger partial charge >= 0.3 is 0 Å². The molecule has 3 aromatic rings. The van der Waals surface area contributed by atoms with Crippen LogP contribution in [0.3, 0.4) is 0 Å². The Morgan fingerprint density at radius 3 is 2.56 bits per heavy atom. The second-order valence-corrected chi connectivity index (χ2v) is 12.0. The van der Waals surface area contributed by atoms with E-state index in [2.05, 4.69) is 25.1 Å². The highest BCUT2D eigenvalue weighted by Crippen LogP contribution is 2.36. The molecule has 14 heteroatoms. The summed E-state index contributed by atoms with van der Waals surface area (Å²) in [5.74, 6) is 0.627. The van der Waals surface area contributed by atoms with Gasteiger partial charge in [-0.25, -0.2) is 17.2 Å². The number of halogens is 2. The van der Waals surface area contributed by atoms with Gasteiger partial charge in [-0.2, -0.15) is 9.98 Å². The maximum atomic E-state index is 13.5. The zero-order valence-electron chi connectivity index (χ0n) is 19.8. The van der Waals surface area contributed by atoms with Crippen molar-refractivity contribution in [1.82, 2.24) is 24.6 Å². The van der Waals surface area contributed by atoms with Gasteiger partial charge in [0.1, 0.15) is 10.8 Å². The van der Waals surface area contributed by atoms with Crippen molar-refractivity contribution < 1.29 is 21.9 Å². The molecule has 10 nitrogen and oxygen atoms in total. The number of fused-ring (bicyclic) bond motifs is 1. The number of sulfonamides is 1. The van der Waals surface area contributed by atoms with Crippen molar-refractivity contribution in [3.05, 3.63) is 29.4 Å². The molecule has 2 aliphatic rings. The predicted octanol–water partition coefficient (Wildman–Crippen LogP) is 2.54. The number of nitrogens with one attached hydrogen (secondary N) is 2. The summed E-state index contributed by atoms with van der Waals surface area (Å²) in [5, 5.41) is 20.5. The Hall–Kier alpha value is -2.70. The standard InChI is InChI=1S/C22H25F2N7O3S2/c1-12-8-30(9-13(2)26-12)18-7-15(36(32,33)29-22(10-25)11-34-14(22)3)6-17-16(4-5-31(17)18)20-27-28-21(35-20)19(23)24/h4-7,12-14,19,26,29H,8-9,11H2,1-3H3/t12-,13-,14?,22?/m0/s1. The van der Waals surface area contributed by atoms with E-state index in [1.165, 1.54) is 6.07 Å². The number of rotatable bonds is 6. The van der Waals surface area contributed by atoms with E-state index in [9.17, 15) is 22.5 Å². The summed E-state index contributed by atoms with van der Waals surface area (Å²) in [6.07, 6.45) is -1.59. The van der Waals surface area contributed by atoms with E-state index in [0.29, 0.717) is 30.0 Å². The number of nitriles is 1. The third-order valence-corrected chi connectivity index (χ3v) is 9.00. The molecule has 4 atom stereocenters. The predicted molar refractivity (Wildman–Crippen MR) is 130 cm³/mol. The molecule has 0 aromatic carbocycles. The Kier molecular flexibility index (Phi) is 6.24. The summed E-state index contributed by atoms with van der Waals surface area (Å²) in [6.45, 7) is 6.93. The van der Waals surface area contributed by atoms with Gasteiger partial charge < -0.3 is 19.4 Å². The van der Waals surface area contributed by atoms with Gasteiger partial charge in [0.15, 0.2) is 10.5 Å². The van der Waals surface area contributed by atoms with Crippen molar-refractivity contribution in [2.75, 3.05) is 24.6 Å². The van der Waals surface area contributed by atoms with Crippen molar-refractivity contribution in [2.45, 2.75) is 55.8 Å². The lowest BCUT2D eigenvalue weighted by molar-refractivity contribution is -0.102. The molecular weight excluding hydrogens is 512 g/mol. The fraction of sp³-hybridized carbons (Fsp3) is 0.500. The SMILES string of the molecule is CC1OCC1(C#N)NS(=O)(=O)c1cc(N2C[C@H](C)N[C@@H](C)C2)n2ccc(-c3nnc(C(F)F)s3)c2c1. The number of pyridine rings is 1.